The quantitative estimate of drug-likeness (QED) is 0.730. The zero-order valence-corrected chi connectivity index (χ0v) is 12.0. The fourth-order valence-corrected chi connectivity index (χ4v) is 2.10. The number of likely N-dealkylation sites (tertiary alicyclic amines) is 1. The minimum absolute atomic E-state index is 0.0248. The highest BCUT2D eigenvalue weighted by Gasteiger charge is 2.36. The fraction of sp³-hybridized carbons (Fsp3) is 0.750. The zero-order valence-electron chi connectivity index (χ0n) is 11.2. The molecule has 0 aliphatic carbocycles. The van der Waals surface area contributed by atoms with Gasteiger partial charge in [0.2, 0.25) is 11.8 Å². The van der Waals surface area contributed by atoms with Crippen LogP contribution in [0.5, 0.6) is 0 Å². The van der Waals surface area contributed by atoms with Crippen molar-refractivity contribution >= 4 is 29.0 Å². The van der Waals surface area contributed by atoms with Crippen LogP contribution in [0.2, 0.25) is 0 Å². The molecule has 0 saturated carbocycles. The van der Waals surface area contributed by atoms with Crippen LogP contribution in [0.15, 0.2) is 0 Å². The Morgan fingerprint density at radius 2 is 1.83 bits per heavy atom. The number of amides is 2. The predicted molar refractivity (Wildman–Crippen MR) is 74.0 cm³/mol. The molecule has 3 N–H and O–H groups in total. The van der Waals surface area contributed by atoms with Gasteiger partial charge in [0.1, 0.15) is 0 Å². The van der Waals surface area contributed by atoms with Crippen molar-refractivity contribution in [2.24, 2.45) is 11.1 Å². The highest BCUT2D eigenvalue weighted by molar-refractivity contribution is 7.80. The average molecular weight is 271 g/mol. The number of carbonyl (C=O) groups is 2. The Balaban J connectivity index is 2.55. The molecule has 0 spiro atoms. The Hall–Kier alpha value is -1.17. The predicted octanol–water partition coefficient (Wildman–Crippen LogP) is 0.426. The Morgan fingerprint density at radius 3 is 2.22 bits per heavy atom. The molecule has 0 aromatic rings. The third-order valence-corrected chi connectivity index (χ3v) is 3.85. The third-order valence-electron chi connectivity index (χ3n) is 3.34. The first-order chi connectivity index (χ1) is 8.25. The molecule has 0 radical (unpaired) electrons. The summed E-state index contributed by atoms with van der Waals surface area (Å²) >= 11 is 4.93. The van der Waals surface area contributed by atoms with Crippen molar-refractivity contribution in [3.05, 3.63) is 0 Å². The molecule has 0 aromatic carbocycles. The minimum Gasteiger partial charge on any atom is -0.392 e. The highest BCUT2D eigenvalue weighted by Crippen LogP contribution is 2.22. The number of rotatable bonds is 3. The van der Waals surface area contributed by atoms with Gasteiger partial charge in [-0.05, 0) is 26.7 Å². The first-order valence-electron chi connectivity index (χ1n) is 6.11. The Labute approximate surface area is 113 Å². The van der Waals surface area contributed by atoms with Crippen molar-refractivity contribution in [3.8, 4) is 0 Å². The van der Waals surface area contributed by atoms with Crippen LogP contribution < -0.4 is 11.1 Å². The number of nitrogens with zero attached hydrogens (tertiary/aromatic N) is 1. The second-order valence-electron chi connectivity index (χ2n) is 5.26. The van der Waals surface area contributed by atoms with Crippen molar-refractivity contribution in [1.82, 2.24) is 10.2 Å². The number of hydrogen-bond donors (Lipinski definition) is 2. The summed E-state index contributed by atoms with van der Waals surface area (Å²) in [6.45, 7) is 6.27. The SMILES string of the molecule is CC(=O)NC1CCN(C(=O)C(C)(C)C(N)=S)CC1. The van der Waals surface area contributed by atoms with E-state index >= 15 is 0 Å². The molecular weight excluding hydrogens is 250 g/mol. The van der Waals surface area contributed by atoms with Crippen molar-refractivity contribution in [3.63, 3.8) is 0 Å². The van der Waals surface area contributed by atoms with Crippen LogP contribution in [-0.2, 0) is 9.59 Å². The van der Waals surface area contributed by atoms with Gasteiger partial charge in [-0.3, -0.25) is 9.59 Å². The van der Waals surface area contributed by atoms with Gasteiger partial charge < -0.3 is 16.0 Å². The summed E-state index contributed by atoms with van der Waals surface area (Å²) in [6.07, 6.45) is 1.55. The Bertz CT molecular complexity index is 360. The summed E-state index contributed by atoms with van der Waals surface area (Å²) in [7, 11) is 0. The molecule has 1 heterocycles. The number of piperidine rings is 1. The van der Waals surface area contributed by atoms with E-state index in [1.807, 2.05) is 0 Å². The summed E-state index contributed by atoms with van der Waals surface area (Å²) in [5.74, 6) is -0.0560. The lowest BCUT2D eigenvalue weighted by Crippen LogP contribution is -2.52. The fourth-order valence-electron chi connectivity index (χ4n) is 2.02. The zero-order chi connectivity index (χ0) is 13.9. The highest BCUT2D eigenvalue weighted by atomic mass is 32.1. The smallest absolute Gasteiger partial charge is 0.235 e. The maximum atomic E-state index is 12.3. The molecule has 1 fully saturated rings. The van der Waals surface area contributed by atoms with Crippen molar-refractivity contribution < 1.29 is 9.59 Å². The number of nitrogens with two attached hydrogens (primary N) is 1. The molecule has 2 amide bonds. The summed E-state index contributed by atoms with van der Waals surface area (Å²) < 4.78 is 0. The molecule has 1 saturated heterocycles. The lowest BCUT2D eigenvalue weighted by Gasteiger charge is -2.36. The largest absolute Gasteiger partial charge is 0.392 e. The topological polar surface area (TPSA) is 75.4 Å². The van der Waals surface area contributed by atoms with Crippen LogP contribution in [0, 0.1) is 5.41 Å². The van der Waals surface area contributed by atoms with E-state index in [2.05, 4.69) is 5.32 Å². The molecule has 1 aliphatic heterocycles. The summed E-state index contributed by atoms with van der Waals surface area (Å²) in [5, 5.41) is 2.88. The van der Waals surface area contributed by atoms with Crippen LogP contribution in [-0.4, -0.2) is 40.8 Å². The molecule has 6 heteroatoms. The van der Waals surface area contributed by atoms with E-state index in [1.54, 1.807) is 18.7 Å². The van der Waals surface area contributed by atoms with Gasteiger partial charge in [-0.15, -0.1) is 0 Å². The van der Waals surface area contributed by atoms with Crippen LogP contribution in [0.1, 0.15) is 33.6 Å². The van der Waals surface area contributed by atoms with Crippen molar-refractivity contribution in [2.75, 3.05) is 13.1 Å². The molecule has 5 nitrogen and oxygen atoms in total. The first kappa shape index (κ1) is 14.9. The van der Waals surface area contributed by atoms with E-state index in [0.717, 1.165) is 12.8 Å². The van der Waals surface area contributed by atoms with Crippen molar-refractivity contribution in [2.45, 2.75) is 39.7 Å². The molecule has 0 bridgehead atoms. The van der Waals surface area contributed by atoms with Gasteiger partial charge in [-0.2, -0.15) is 0 Å². The third kappa shape index (κ3) is 3.41. The number of thiocarbonyl (C=S) groups is 1. The summed E-state index contributed by atoms with van der Waals surface area (Å²) in [6, 6.07) is 0.166. The minimum atomic E-state index is -0.795. The lowest BCUT2D eigenvalue weighted by molar-refractivity contribution is -0.138. The number of hydrogen-bond acceptors (Lipinski definition) is 3. The molecule has 102 valence electrons. The van der Waals surface area contributed by atoms with Crippen molar-refractivity contribution in [1.29, 1.82) is 0 Å². The average Bonchev–Trinajstić information content (AvgIpc) is 2.28. The van der Waals surface area contributed by atoms with Crippen LogP contribution in [0.3, 0.4) is 0 Å². The maximum absolute atomic E-state index is 12.3. The van der Waals surface area contributed by atoms with E-state index in [9.17, 15) is 9.59 Å². The molecular formula is C12H21N3O2S. The van der Waals surface area contributed by atoms with E-state index in [1.165, 1.54) is 6.92 Å². The maximum Gasteiger partial charge on any atom is 0.235 e. The van der Waals surface area contributed by atoms with Crippen LogP contribution in [0.4, 0.5) is 0 Å². The van der Waals surface area contributed by atoms with Gasteiger partial charge in [0, 0.05) is 26.1 Å². The van der Waals surface area contributed by atoms with Gasteiger partial charge in [0.05, 0.1) is 10.4 Å². The normalized spacial score (nSPS) is 17.4. The molecule has 18 heavy (non-hydrogen) atoms. The van der Waals surface area contributed by atoms with Crippen LogP contribution >= 0.6 is 12.2 Å². The Kier molecular flexibility index (Phi) is 4.67. The standard InChI is InChI=1S/C12H21N3O2S/c1-8(16)14-9-4-6-15(7-5-9)11(17)12(2,3)10(13)18/h9H,4-7H2,1-3H3,(H2,13,18)(H,14,16). The van der Waals surface area contributed by atoms with Gasteiger partial charge in [-0.25, -0.2) is 0 Å². The molecule has 0 aromatic heterocycles. The van der Waals surface area contributed by atoms with Gasteiger partial charge in [0.25, 0.3) is 0 Å². The lowest BCUT2D eigenvalue weighted by atomic mass is 9.90. The number of nitrogens with one attached hydrogen (secondary N) is 1. The molecule has 1 rings (SSSR count). The van der Waals surface area contributed by atoms with Gasteiger partial charge >= 0.3 is 0 Å². The molecule has 0 unspecified atom stereocenters. The van der Waals surface area contributed by atoms with E-state index in [-0.39, 0.29) is 22.8 Å². The second kappa shape index (κ2) is 5.65. The monoisotopic (exact) mass is 271 g/mol. The van der Waals surface area contributed by atoms with Crippen LogP contribution in [0.25, 0.3) is 0 Å². The second-order valence-corrected chi connectivity index (χ2v) is 5.70. The summed E-state index contributed by atoms with van der Waals surface area (Å²) in [4.78, 5) is 25.2. The van der Waals surface area contributed by atoms with E-state index < -0.39 is 5.41 Å². The van der Waals surface area contributed by atoms with Gasteiger partial charge in [-0.1, -0.05) is 12.2 Å². The number of carbonyl (C=O) groups excluding carboxylic acids is 2. The molecule has 1 aliphatic rings. The Morgan fingerprint density at radius 1 is 1.33 bits per heavy atom. The first-order valence-corrected chi connectivity index (χ1v) is 6.52. The van der Waals surface area contributed by atoms with E-state index in [0.29, 0.717) is 13.1 Å². The van der Waals surface area contributed by atoms with Gasteiger partial charge in [0.15, 0.2) is 0 Å². The molecule has 0 atom stereocenters. The van der Waals surface area contributed by atoms with E-state index in [4.69, 9.17) is 18.0 Å². The summed E-state index contributed by atoms with van der Waals surface area (Å²) in [5.41, 5.74) is 4.80.